The van der Waals surface area contributed by atoms with E-state index in [1.54, 1.807) is 25.3 Å². The predicted octanol–water partition coefficient (Wildman–Crippen LogP) is 3.76. The molecular formula is C19H23NO4. The van der Waals surface area contributed by atoms with E-state index in [1.807, 2.05) is 6.07 Å². The molecule has 0 atom stereocenters. The van der Waals surface area contributed by atoms with Crippen LogP contribution >= 0.6 is 0 Å². The Morgan fingerprint density at radius 2 is 2.12 bits per heavy atom. The third-order valence-corrected chi connectivity index (χ3v) is 3.12. The maximum absolute atomic E-state index is 11.7. The van der Waals surface area contributed by atoms with Gasteiger partial charge < -0.3 is 14.2 Å². The maximum Gasteiger partial charge on any atom is 0.349 e. The van der Waals surface area contributed by atoms with Crippen LogP contribution in [-0.2, 0) is 9.53 Å². The van der Waals surface area contributed by atoms with Crippen LogP contribution in [0.4, 0.5) is 0 Å². The Bertz CT molecular complexity index is 641. The molecule has 0 aliphatic rings. The van der Waals surface area contributed by atoms with Gasteiger partial charge in [0.15, 0.2) is 11.5 Å². The van der Waals surface area contributed by atoms with Crippen molar-refractivity contribution in [3.05, 3.63) is 42.0 Å². The highest BCUT2D eigenvalue weighted by atomic mass is 16.5. The number of benzene rings is 1. The molecule has 1 aromatic carbocycles. The molecule has 0 saturated heterocycles. The molecule has 0 aliphatic carbocycles. The molecule has 0 unspecified atom stereocenters. The Morgan fingerprint density at radius 1 is 1.38 bits per heavy atom. The molecule has 5 nitrogen and oxygen atoms in total. The van der Waals surface area contributed by atoms with Crippen LogP contribution < -0.4 is 9.47 Å². The van der Waals surface area contributed by atoms with Crippen molar-refractivity contribution >= 4 is 12.0 Å². The number of ether oxygens (including phenoxy) is 3. The topological polar surface area (TPSA) is 68.6 Å². The predicted molar refractivity (Wildman–Crippen MR) is 92.7 cm³/mol. The van der Waals surface area contributed by atoms with Gasteiger partial charge in [-0.2, -0.15) is 5.26 Å². The summed E-state index contributed by atoms with van der Waals surface area (Å²) in [4.78, 5) is 11.7. The van der Waals surface area contributed by atoms with Gasteiger partial charge in [0.2, 0.25) is 0 Å². The minimum Gasteiger partial charge on any atom is -0.493 e. The monoisotopic (exact) mass is 329 g/mol. The van der Waals surface area contributed by atoms with Crippen molar-refractivity contribution < 1.29 is 19.0 Å². The van der Waals surface area contributed by atoms with E-state index in [2.05, 4.69) is 20.4 Å². The molecule has 0 heterocycles. The minimum absolute atomic E-state index is 0.0593. The van der Waals surface area contributed by atoms with Crippen LogP contribution in [0.5, 0.6) is 11.5 Å². The first-order valence-corrected chi connectivity index (χ1v) is 7.72. The standard InChI is InChI=1S/C19H23NO4/c1-5-9-24-19(21)16(13-20)11-15-6-7-17(18(12-15)22-4)23-10-8-14(2)3/h5-7,11-12,14H,1,8-10H2,2-4H3/b16-11-. The number of hydrogen-bond acceptors (Lipinski definition) is 5. The van der Waals surface area contributed by atoms with Gasteiger partial charge in [-0.05, 0) is 36.1 Å². The number of carbonyl (C=O) groups excluding carboxylic acids is 1. The van der Waals surface area contributed by atoms with Gasteiger partial charge in [0, 0.05) is 0 Å². The average molecular weight is 329 g/mol. The molecule has 24 heavy (non-hydrogen) atoms. The van der Waals surface area contributed by atoms with Crippen LogP contribution in [0.2, 0.25) is 0 Å². The highest BCUT2D eigenvalue weighted by molar-refractivity contribution is 5.98. The SMILES string of the molecule is C=CCOC(=O)/C(C#N)=C\c1ccc(OCCC(C)C)c(OC)c1. The highest BCUT2D eigenvalue weighted by Gasteiger charge is 2.11. The van der Waals surface area contributed by atoms with Crippen LogP contribution in [-0.4, -0.2) is 26.3 Å². The third kappa shape index (κ3) is 6.17. The van der Waals surface area contributed by atoms with Crippen LogP contribution in [0, 0.1) is 17.2 Å². The molecule has 128 valence electrons. The molecule has 0 radical (unpaired) electrons. The zero-order valence-electron chi connectivity index (χ0n) is 14.4. The van der Waals surface area contributed by atoms with Crippen LogP contribution in [0.25, 0.3) is 6.08 Å². The molecule has 0 amide bonds. The summed E-state index contributed by atoms with van der Waals surface area (Å²) in [6.45, 7) is 8.37. The van der Waals surface area contributed by atoms with Crippen molar-refractivity contribution in [2.75, 3.05) is 20.3 Å². The first kappa shape index (κ1) is 19.3. The second-order valence-corrected chi connectivity index (χ2v) is 5.50. The van der Waals surface area contributed by atoms with Gasteiger partial charge in [-0.1, -0.05) is 32.6 Å². The lowest BCUT2D eigenvalue weighted by atomic mass is 10.1. The molecule has 0 spiro atoms. The summed E-state index contributed by atoms with van der Waals surface area (Å²) in [5, 5.41) is 9.11. The van der Waals surface area contributed by atoms with E-state index in [1.165, 1.54) is 12.2 Å². The molecule has 0 fully saturated rings. The van der Waals surface area contributed by atoms with Crippen LogP contribution in [0.3, 0.4) is 0 Å². The molecule has 1 rings (SSSR count). The molecule has 0 aliphatic heterocycles. The second kappa shape index (κ2) is 10.1. The van der Waals surface area contributed by atoms with E-state index in [4.69, 9.17) is 19.5 Å². The molecule has 5 heteroatoms. The summed E-state index contributed by atoms with van der Waals surface area (Å²) in [6, 6.07) is 7.06. The van der Waals surface area contributed by atoms with E-state index in [-0.39, 0.29) is 12.2 Å². The Balaban J connectivity index is 2.92. The van der Waals surface area contributed by atoms with Crippen molar-refractivity contribution in [3.63, 3.8) is 0 Å². The number of rotatable bonds is 9. The molecule has 0 bridgehead atoms. The van der Waals surface area contributed by atoms with Gasteiger partial charge in [0.25, 0.3) is 0 Å². The first-order valence-electron chi connectivity index (χ1n) is 7.72. The molecule has 0 saturated carbocycles. The van der Waals surface area contributed by atoms with Crippen LogP contribution in [0.1, 0.15) is 25.8 Å². The lowest BCUT2D eigenvalue weighted by Crippen LogP contribution is -2.06. The summed E-state index contributed by atoms with van der Waals surface area (Å²) in [5.74, 6) is 1.04. The van der Waals surface area contributed by atoms with E-state index in [0.717, 1.165) is 6.42 Å². The Morgan fingerprint density at radius 3 is 2.71 bits per heavy atom. The van der Waals surface area contributed by atoms with Crippen molar-refractivity contribution in [3.8, 4) is 17.6 Å². The fourth-order valence-electron chi connectivity index (χ4n) is 1.81. The fourth-order valence-corrected chi connectivity index (χ4v) is 1.81. The number of nitriles is 1. The summed E-state index contributed by atoms with van der Waals surface area (Å²) < 4.78 is 15.9. The van der Waals surface area contributed by atoms with Crippen molar-refractivity contribution in [1.29, 1.82) is 5.26 Å². The number of carbonyl (C=O) groups is 1. The Hall–Kier alpha value is -2.74. The van der Waals surface area contributed by atoms with Gasteiger partial charge in [-0.3, -0.25) is 0 Å². The minimum atomic E-state index is -0.686. The number of methoxy groups -OCH3 is 1. The van der Waals surface area contributed by atoms with Gasteiger partial charge >= 0.3 is 5.97 Å². The average Bonchev–Trinajstić information content (AvgIpc) is 2.57. The molecule has 1 aromatic rings. The van der Waals surface area contributed by atoms with Gasteiger partial charge in [0.1, 0.15) is 18.2 Å². The lowest BCUT2D eigenvalue weighted by molar-refractivity contribution is -0.137. The smallest absolute Gasteiger partial charge is 0.349 e. The number of esters is 1. The van der Waals surface area contributed by atoms with E-state index in [0.29, 0.717) is 29.6 Å². The number of nitrogens with zero attached hydrogens (tertiary/aromatic N) is 1. The molecular weight excluding hydrogens is 306 g/mol. The quantitative estimate of drug-likeness (QED) is 0.299. The first-order chi connectivity index (χ1) is 11.5. The maximum atomic E-state index is 11.7. The Kier molecular flexibility index (Phi) is 8.14. The van der Waals surface area contributed by atoms with Crippen molar-refractivity contribution in [1.82, 2.24) is 0 Å². The largest absolute Gasteiger partial charge is 0.493 e. The van der Waals surface area contributed by atoms with E-state index < -0.39 is 5.97 Å². The molecule has 0 N–H and O–H groups in total. The van der Waals surface area contributed by atoms with Gasteiger partial charge in [0.05, 0.1) is 13.7 Å². The van der Waals surface area contributed by atoms with Crippen molar-refractivity contribution in [2.24, 2.45) is 5.92 Å². The second-order valence-electron chi connectivity index (χ2n) is 5.50. The number of hydrogen-bond donors (Lipinski definition) is 0. The summed E-state index contributed by atoms with van der Waals surface area (Å²) >= 11 is 0. The summed E-state index contributed by atoms with van der Waals surface area (Å²) in [7, 11) is 1.54. The highest BCUT2D eigenvalue weighted by Crippen LogP contribution is 2.29. The third-order valence-electron chi connectivity index (χ3n) is 3.12. The van der Waals surface area contributed by atoms with Gasteiger partial charge in [-0.15, -0.1) is 0 Å². The van der Waals surface area contributed by atoms with Crippen molar-refractivity contribution in [2.45, 2.75) is 20.3 Å². The van der Waals surface area contributed by atoms with Gasteiger partial charge in [-0.25, -0.2) is 4.79 Å². The summed E-state index contributed by atoms with van der Waals surface area (Å²) in [6.07, 6.45) is 3.84. The van der Waals surface area contributed by atoms with E-state index >= 15 is 0 Å². The summed E-state index contributed by atoms with van der Waals surface area (Å²) in [5.41, 5.74) is 0.558. The van der Waals surface area contributed by atoms with E-state index in [9.17, 15) is 4.79 Å². The zero-order valence-corrected chi connectivity index (χ0v) is 14.4. The van der Waals surface area contributed by atoms with Crippen LogP contribution in [0.15, 0.2) is 36.4 Å². The fraction of sp³-hybridized carbons (Fsp3) is 0.368. The lowest BCUT2D eigenvalue weighted by Gasteiger charge is -2.12. The normalized spacial score (nSPS) is 10.9. The zero-order chi connectivity index (χ0) is 17.9. The Labute approximate surface area is 143 Å². The molecule has 0 aromatic heterocycles.